The number of aliphatic imine (C=N–C) groups is 1. The fourth-order valence-corrected chi connectivity index (χ4v) is 2.97. The lowest BCUT2D eigenvalue weighted by atomic mass is 9.98. The molecule has 3 N–H and O–H groups in total. The second-order valence-electron chi connectivity index (χ2n) is 5.47. The molecule has 2 aliphatic rings. The maximum Gasteiger partial charge on any atom is 0.325 e. The van der Waals surface area contributed by atoms with Gasteiger partial charge in [-0.15, -0.1) is 0 Å². The average molecular weight is 295 g/mol. The highest BCUT2D eigenvalue weighted by atomic mass is 16.2. The first kappa shape index (κ1) is 15.6. The maximum absolute atomic E-state index is 12.4. The molecule has 1 aliphatic carbocycles. The van der Waals surface area contributed by atoms with Crippen molar-refractivity contribution in [1.29, 1.82) is 0 Å². The number of carbonyl (C=O) groups is 2. The van der Waals surface area contributed by atoms with Gasteiger partial charge in [-0.25, -0.2) is 4.79 Å². The van der Waals surface area contributed by atoms with E-state index in [0.717, 1.165) is 38.8 Å². The first-order valence-corrected chi connectivity index (χ1v) is 7.79. The Morgan fingerprint density at radius 2 is 1.86 bits per heavy atom. The van der Waals surface area contributed by atoms with Crippen molar-refractivity contribution in [2.45, 2.75) is 45.1 Å². The summed E-state index contributed by atoms with van der Waals surface area (Å²) in [6.45, 7) is 6.27. The van der Waals surface area contributed by atoms with Crippen LogP contribution in [0.25, 0.3) is 0 Å². The molecule has 7 heteroatoms. The van der Waals surface area contributed by atoms with Crippen LogP contribution in [0.5, 0.6) is 0 Å². The monoisotopic (exact) mass is 295 g/mol. The molecule has 118 valence electrons. The minimum atomic E-state index is -0.618. The van der Waals surface area contributed by atoms with Gasteiger partial charge < -0.3 is 16.0 Å². The van der Waals surface area contributed by atoms with E-state index in [-0.39, 0.29) is 11.9 Å². The van der Waals surface area contributed by atoms with E-state index >= 15 is 0 Å². The molecule has 2 fully saturated rings. The van der Waals surface area contributed by atoms with Crippen LogP contribution < -0.4 is 16.0 Å². The Morgan fingerprint density at radius 1 is 1.24 bits per heavy atom. The van der Waals surface area contributed by atoms with Gasteiger partial charge in [-0.2, -0.15) is 0 Å². The van der Waals surface area contributed by atoms with Gasteiger partial charge in [0.05, 0.1) is 13.1 Å². The highest BCUT2D eigenvalue weighted by Crippen LogP contribution is 2.34. The van der Waals surface area contributed by atoms with E-state index in [1.54, 1.807) is 0 Å². The van der Waals surface area contributed by atoms with Gasteiger partial charge >= 0.3 is 6.03 Å². The van der Waals surface area contributed by atoms with Crippen LogP contribution in [-0.2, 0) is 4.79 Å². The number of hydrogen-bond donors (Lipinski definition) is 3. The summed E-state index contributed by atoms with van der Waals surface area (Å²) in [5, 5.41) is 9.10. The number of amides is 3. The van der Waals surface area contributed by atoms with Crippen molar-refractivity contribution in [3.63, 3.8) is 0 Å². The molecule has 21 heavy (non-hydrogen) atoms. The predicted octanol–water partition coefficient (Wildman–Crippen LogP) is 0.426. The second kappa shape index (κ2) is 6.78. The van der Waals surface area contributed by atoms with Gasteiger partial charge in [-0.3, -0.25) is 14.7 Å². The fourth-order valence-electron chi connectivity index (χ4n) is 2.97. The van der Waals surface area contributed by atoms with Crippen molar-refractivity contribution in [2.75, 3.05) is 26.2 Å². The summed E-state index contributed by atoms with van der Waals surface area (Å²) in [6.07, 6.45) is 3.53. The van der Waals surface area contributed by atoms with Crippen molar-refractivity contribution in [3.05, 3.63) is 0 Å². The van der Waals surface area contributed by atoms with Crippen molar-refractivity contribution >= 4 is 17.9 Å². The SMILES string of the molecule is CCNC(=NCCN1C(=O)NC2(CCCC2)C1=O)NCC. The molecule has 1 saturated heterocycles. The molecule has 0 unspecified atom stereocenters. The van der Waals surface area contributed by atoms with E-state index in [4.69, 9.17) is 0 Å². The topological polar surface area (TPSA) is 85.8 Å². The molecule has 0 aromatic heterocycles. The van der Waals surface area contributed by atoms with E-state index < -0.39 is 5.54 Å². The summed E-state index contributed by atoms with van der Waals surface area (Å²) in [5.41, 5.74) is -0.618. The average Bonchev–Trinajstić information content (AvgIpc) is 3.00. The highest BCUT2D eigenvalue weighted by molar-refractivity contribution is 6.07. The zero-order valence-corrected chi connectivity index (χ0v) is 12.9. The van der Waals surface area contributed by atoms with E-state index in [0.29, 0.717) is 19.0 Å². The van der Waals surface area contributed by atoms with E-state index in [2.05, 4.69) is 20.9 Å². The number of rotatable bonds is 5. The van der Waals surface area contributed by atoms with Crippen LogP contribution in [0.3, 0.4) is 0 Å². The van der Waals surface area contributed by atoms with Gasteiger partial charge in [0.15, 0.2) is 5.96 Å². The largest absolute Gasteiger partial charge is 0.357 e. The third-order valence-electron chi connectivity index (χ3n) is 3.98. The molecule has 0 atom stereocenters. The lowest BCUT2D eigenvalue weighted by molar-refractivity contribution is -0.131. The fraction of sp³-hybridized carbons (Fsp3) is 0.786. The first-order valence-electron chi connectivity index (χ1n) is 7.79. The molecule has 7 nitrogen and oxygen atoms in total. The minimum Gasteiger partial charge on any atom is -0.357 e. The smallest absolute Gasteiger partial charge is 0.325 e. The minimum absolute atomic E-state index is 0.0753. The highest BCUT2D eigenvalue weighted by Gasteiger charge is 2.52. The van der Waals surface area contributed by atoms with Crippen LogP contribution in [0, 0.1) is 0 Å². The normalized spacial score (nSPS) is 19.8. The summed E-state index contributed by atoms with van der Waals surface area (Å²) >= 11 is 0. The standard InChI is InChI=1S/C14H25N5O2/c1-3-15-12(16-4-2)17-9-10-19-11(20)14(18-13(19)21)7-5-6-8-14/h3-10H2,1-2H3,(H,18,21)(H2,15,16,17). The Morgan fingerprint density at radius 3 is 2.43 bits per heavy atom. The first-order chi connectivity index (χ1) is 10.1. The summed E-state index contributed by atoms with van der Waals surface area (Å²) in [4.78, 5) is 30.1. The van der Waals surface area contributed by atoms with Crippen molar-refractivity contribution < 1.29 is 9.59 Å². The molecule has 1 aliphatic heterocycles. The Balaban J connectivity index is 1.92. The van der Waals surface area contributed by atoms with Crippen LogP contribution in [0.15, 0.2) is 4.99 Å². The van der Waals surface area contributed by atoms with Crippen molar-refractivity contribution in [3.8, 4) is 0 Å². The Bertz CT molecular complexity index is 421. The Hall–Kier alpha value is -1.79. The lowest BCUT2D eigenvalue weighted by Crippen LogP contribution is -2.44. The Kier molecular flexibility index (Phi) is 5.03. The quantitative estimate of drug-likeness (QED) is 0.390. The van der Waals surface area contributed by atoms with Crippen LogP contribution in [0.2, 0.25) is 0 Å². The molecule has 1 spiro atoms. The van der Waals surface area contributed by atoms with E-state index in [1.165, 1.54) is 4.90 Å². The van der Waals surface area contributed by atoms with Gasteiger partial charge in [-0.05, 0) is 26.7 Å². The van der Waals surface area contributed by atoms with Gasteiger partial charge in [0.1, 0.15) is 5.54 Å². The molecule has 0 radical (unpaired) electrons. The number of guanidine groups is 1. The zero-order valence-electron chi connectivity index (χ0n) is 12.9. The third-order valence-corrected chi connectivity index (χ3v) is 3.98. The number of imide groups is 1. The van der Waals surface area contributed by atoms with Crippen LogP contribution in [0.4, 0.5) is 4.79 Å². The number of urea groups is 1. The second-order valence-corrected chi connectivity index (χ2v) is 5.47. The predicted molar refractivity (Wildman–Crippen MR) is 81.1 cm³/mol. The number of nitrogens with zero attached hydrogens (tertiary/aromatic N) is 2. The molecule has 3 amide bonds. The van der Waals surface area contributed by atoms with Crippen LogP contribution in [-0.4, -0.2) is 54.5 Å². The van der Waals surface area contributed by atoms with Crippen molar-refractivity contribution in [1.82, 2.24) is 20.9 Å². The van der Waals surface area contributed by atoms with Crippen LogP contribution >= 0.6 is 0 Å². The maximum atomic E-state index is 12.4. The summed E-state index contributed by atoms with van der Waals surface area (Å²) in [7, 11) is 0. The summed E-state index contributed by atoms with van der Waals surface area (Å²) < 4.78 is 0. The Labute approximate surface area is 125 Å². The molecular weight excluding hydrogens is 270 g/mol. The molecule has 1 saturated carbocycles. The number of hydrogen-bond acceptors (Lipinski definition) is 3. The van der Waals surface area contributed by atoms with Gasteiger partial charge in [-0.1, -0.05) is 12.8 Å². The molecule has 2 rings (SSSR count). The van der Waals surface area contributed by atoms with Gasteiger partial charge in [0.25, 0.3) is 5.91 Å². The molecule has 0 bridgehead atoms. The van der Waals surface area contributed by atoms with E-state index in [1.807, 2.05) is 13.8 Å². The third kappa shape index (κ3) is 3.28. The number of carbonyl (C=O) groups excluding carboxylic acids is 2. The zero-order chi connectivity index (χ0) is 15.3. The van der Waals surface area contributed by atoms with Gasteiger partial charge in [0, 0.05) is 13.1 Å². The molecule has 0 aromatic carbocycles. The van der Waals surface area contributed by atoms with Gasteiger partial charge in [0.2, 0.25) is 0 Å². The van der Waals surface area contributed by atoms with E-state index in [9.17, 15) is 9.59 Å². The van der Waals surface area contributed by atoms with Crippen molar-refractivity contribution in [2.24, 2.45) is 4.99 Å². The van der Waals surface area contributed by atoms with Crippen LogP contribution in [0.1, 0.15) is 39.5 Å². The molecule has 0 aromatic rings. The lowest BCUT2D eigenvalue weighted by Gasteiger charge is -2.19. The number of nitrogens with one attached hydrogen (secondary N) is 3. The summed E-state index contributed by atoms with van der Waals surface area (Å²) in [6, 6.07) is -0.273. The molecular formula is C14H25N5O2. The summed E-state index contributed by atoms with van der Waals surface area (Å²) in [5.74, 6) is 0.635. The molecule has 1 heterocycles.